The van der Waals surface area contributed by atoms with Gasteiger partial charge in [0.25, 0.3) is 0 Å². The van der Waals surface area contributed by atoms with Gasteiger partial charge in [-0.3, -0.25) is 4.79 Å². The highest BCUT2D eigenvalue weighted by molar-refractivity contribution is 8.00. The molecule has 0 aliphatic carbocycles. The Kier molecular flexibility index (Phi) is 6.06. The lowest BCUT2D eigenvalue weighted by molar-refractivity contribution is -0.116. The summed E-state index contributed by atoms with van der Waals surface area (Å²) in [6.07, 6.45) is 6.14. The van der Waals surface area contributed by atoms with Gasteiger partial charge in [0.05, 0.1) is 5.75 Å². The minimum atomic E-state index is 0.265. The summed E-state index contributed by atoms with van der Waals surface area (Å²) in [5.41, 5.74) is 0. The second-order valence-corrected chi connectivity index (χ2v) is 4.17. The van der Waals surface area contributed by atoms with Gasteiger partial charge in [-0.2, -0.15) is 11.8 Å². The second kappa shape index (κ2) is 6.30. The van der Waals surface area contributed by atoms with E-state index < -0.39 is 0 Å². The highest BCUT2D eigenvalue weighted by Crippen LogP contribution is 2.09. The predicted octanol–water partition coefficient (Wildman–Crippen LogP) is 2.11. The Labute approximate surface area is 72.9 Å². The van der Waals surface area contributed by atoms with E-state index in [1.54, 1.807) is 11.8 Å². The summed E-state index contributed by atoms with van der Waals surface area (Å²) >= 11 is 1.67. The average molecular weight is 170 g/mol. The van der Waals surface area contributed by atoms with E-state index >= 15 is 0 Å². The first kappa shape index (κ1) is 10.6. The quantitative estimate of drug-likeness (QED) is 0.588. The Morgan fingerprint density at radius 2 is 2.27 bits per heavy atom. The first-order valence-corrected chi connectivity index (χ1v) is 4.78. The maximum Gasteiger partial charge on any atom is 0.143 e. The highest BCUT2D eigenvalue weighted by Gasteiger charge is 2.01. The highest BCUT2D eigenvalue weighted by atomic mass is 32.2. The summed E-state index contributed by atoms with van der Waals surface area (Å²) in [4.78, 5) is 11.0. The molecule has 0 N–H and O–H groups in total. The van der Waals surface area contributed by atoms with Crippen LogP contribution >= 0.6 is 11.8 Å². The van der Waals surface area contributed by atoms with E-state index in [1.807, 2.05) is 0 Å². The van der Waals surface area contributed by atoms with Gasteiger partial charge in [-0.05, 0) is 5.25 Å². The van der Waals surface area contributed by atoms with E-state index in [-0.39, 0.29) is 5.78 Å². The van der Waals surface area contributed by atoms with Crippen LogP contribution in [0.4, 0.5) is 0 Å². The molecule has 0 aliphatic rings. The molecule has 0 bridgehead atoms. The zero-order valence-electron chi connectivity index (χ0n) is 7.09. The molecule has 0 saturated heterocycles. The monoisotopic (exact) mass is 170 g/mol. The van der Waals surface area contributed by atoms with Crippen molar-refractivity contribution in [1.82, 2.24) is 0 Å². The smallest absolute Gasteiger partial charge is 0.143 e. The van der Waals surface area contributed by atoms with E-state index in [9.17, 15) is 4.79 Å². The van der Waals surface area contributed by atoms with Crippen molar-refractivity contribution in [2.24, 2.45) is 0 Å². The summed E-state index contributed by atoms with van der Waals surface area (Å²) in [6, 6.07) is 0. The molecule has 62 valence electrons. The second-order valence-electron chi connectivity index (χ2n) is 2.60. The molecular formula is C9H14OS. The SMILES string of the molecule is C#CCCC(=O)CSC(C)C. The minimum Gasteiger partial charge on any atom is -0.299 e. The van der Waals surface area contributed by atoms with E-state index in [1.165, 1.54) is 0 Å². The minimum absolute atomic E-state index is 0.265. The van der Waals surface area contributed by atoms with Crippen LogP contribution in [0.5, 0.6) is 0 Å². The number of Topliss-reactive ketones (excluding diaryl/α,β-unsaturated/α-hetero) is 1. The maximum atomic E-state index is 11.0. The molecule has 1 nitrogen and oxygen atoms in total. The fourth-order valence-corrected chi connectivity index (χ4v) is 1.21. The van der Waals surface area contributed by atoms with Crippen LogP contribution in [0.15, 0.2) is 0 Å². The first-order valence-electron chi connectivity index (χ1n) is 3.73. The van der Waals surface area contributed by atoms with Crippen molar-refractivity contribution in [3.05, 3.63) is 0 Å². The van der Waals surface area contributed by atoms with Gasteiger partial charge in [0.2, 0.25) is 0 Å². The van der Waals surface area contributed by atoms with Crippen molar-refractivity contribution in [2.75, 3.05) is 5.75 Å². The first-order chi connectivity index (χ1) is 5.16. The largest absolute Gasteiger partial charge is 0.299 e. The van der Waals surface area contributed by atoms with E-state index in [0.29, 0.717) is 23.8 Å². The predicted molar refractivity (Wildman–Crippen MR) is 50.7 cm³/mol. The molecule has 0 heterocycles. The maximum absolute atomic E-state index is 11.0. The summed E-state index contributed by atoms with van der Waals surface area (Å²) in [7, 11) is 0. The summed E-state index contributed by atoms with van der Waals surface area (Å²) in [6.45, 7) is 4.16. The third-order valence-electron chi connectivity index (χ3n) is 1.13. The van der Waals surface area contributed by atoms with E-state index in [0.717, 1.165) is 0 Å². The number of hydrogen-bond donors (Lipinski definition) is 0. The van der Waals surface area contributed by atoms with Crippen LogP contribution in [0.3, 0.4) is 0 Å². The number of rotatable bonds is 5. The molecule has 0 aromatic rings. The number of hydrogen-bond acceptors (Lipinski definition) is 2. The molecule has 0 spiro atoms. The van der Waals surface area contributed by atoms with E-state index in [2.05, 4.69) is 19.8 Å². The number of carbonyl (C=O) groups is 1. The number of carbonyl (C=O) groups excluding carboxylic acids is 1. The molecule has 0 aliphatic heterocycles. The molecule has 0 rings (SSSR count). The van der Waals surface area contributed by atoms with Crippen molar-refractivity contribution in [3.63, 3.8) is 0 Å². The van der Waals surface area contributed by atoms with Crippen LogP contribution in [0.1, 0.15) is 26.7 Å². The molecule has 0 amide bonds. The Morgan fingerprint density at radius 1 is 1.64 bits per heavy atom. The van der Waals surface area contributed by atoms with Crippen molar-refractivity contribution in [1.29, 1.82) is 0 Å². The zero-order valence-corrected chi connectivity index (χ0v) is 7.91. The Hall–Kier alpha value is -0.420. The van der Waals surface area contributed by atoms with Gasteiger partial charge in [0, 0.05) is 12.8 Å². The topological polar surface area (TPSA) is 17.1 Å². The molecule has 0 radical (unpaired) electrons. The Morgan fingerprint density at radius 3 is 2.73 bits per heavy atom. The zero-order chi connectivity index (χ0) is 8.69. The van der Waals surface area contributed by atoms with Crippen molar-refractivity contribution in [2.45, 2.75) is 31.9 Å². The van der Waals surface area contributed by atoms with Gasteiger partial charge in [-0.25, -0.2) is 0 Å². The van der Waals surface area contributed by atoms with Crippen molar-refractivity contribution >= 4 is 17.5 Å². The normalized spacial score (nSPS) is 9.64. The fourth-order valence-electron chi connectivity index (χ4n) is 0.543. The van der Waals surface area contributed by atoms with Gasteiger partial charge in [-0.1, -0.05) is 13.8 Å². The van der Waals surface area contributed by atoms with E-state index in [4.69, 9.17) is 6.42 Å². The van der Waals surface area contributed by atoms with Crippen molar-refractivity contribution in [3.8, 4) is 12.3 Å². The molecule has 2 heteroatoms. The summed E-state index contributed by atoms with van der Waals surface area (Å²) in [5, 5.41) is 0.532. The molecule has 0 fully saturated rings. The molecule has 0 aromatic heterocycles. The summed E-state index contributed by atoms with van der Waals surface area (Å²) in [5.74, 6) is 3.33. The standard InChI is InChI=1S/C9H14OS/c1-4-5-6-9(10)7-11-8(2)3/h1,8H,5-7H2,2-3H3. The average Bonchev–Trinajstić information content (AvgIpc) is 1.97. The third-order valence-corrected chi connectivity index (χ3v) is 2.28. The Bertz CT molecular complexity index is 155. The molecular weight excluding hydrogens is 156 g/mol. The number of terminal acetylenes is 1. The van der Waals surface area contributed by atoms with Gasteiger partial charge in [-0.15, -0.1) is 12.3 Å². The summed E-state index contributed by atoms with van der Waals surface area (Å²) < 4.78 is 0. The number of thioether (sulfide) groups is 1. The molecule has 11 heavy (non-hydrogen) atoms. The van der Waals surface area contributed by atoms with Crippen LogP contribution in [0.2, 0.25) is 0 Å². The molecule has 0 unspecified atom stereocenters. The van der Waals surface area contributed by atoms with Gasteiger partial charge in [0.1, 0.15) is 5.78 Å². The molecule has 0 atom stereocenters. The van der Waals surface area contributed by atoms with Crippen LogP contribution in [0, 0.1) is 12.3 Å². The van der Waals surface area contributed by atoms with Crippen LogP contribution < -0.4 is 0 Å². The lowest BCUT2D eigenvalue weighted by Crippen LogP contribution is -2.03. The molecule has 0 aromatic carbocycles. The van der Waals surface area contributed by atoms with Crippen LogP contribution in [0.25, 0.3) is 0 Å². The lowest BCUT2D eigenvalue weighted by Gasteiger charge is -2.01. The molecule has 0 saturated carbocycles. The van der Waals surface area contributed by atoms with Crippen LogP contribution in [-0.4, -0.2) is 16.8 Å². The van der Waals surface area contributed by atoms with Gasteiger partial charge < -0.3 is 0 Å². The Balaban J connectivity index is 3.32. The van der Waals surface area contributed by atoms with Crippen LogP contribution in [-0.2, 0) is 4.79 Å². The lowest BCUT2D eigenvalue weighted by atomic mass is 10.2. The fraction of sp³-hybridized carbons (Fsp3) is 0.667. The van der Waals surface area contributed by atoms with Gasteiger partial charge >= 0.3 is 0 Å². The van der Waals surface area contributed by atoms with Crippen molar-refractivity contribution < 1.29 is 4.79 Å². The third kappa shape index (κ3) is 7.48. The van der Waals surface area contributed by atoms with Gasteiger partial charge in [0.15, 0.2) is 0 Å². The number of ketones is 1.